The predicted molar refractivity (Wildman–Crippen MR) is 50.1 cm³/mol. The van der Waals surface area contributed by atoms with Gasteiger partial charge in [0.15, 0.2) is 5.82 Å². The Morgan fingerprint density at radius 3 is 3.23 bits per heavy atom. The normalized spacial score (nSPS) is 22.3. The monoisotopic (exact) mass is 181 g/mol. The van der Waals surface area contributed by atoms with Crippen LogP contribution in [0.2, 0.25) is 0 Å². The van der Waals surface area contributed by atoms with E-state index >= 15 is 0 Å². The van der Waals surface area contributed by atoms with Crippen molar-refractivity contribution in [3.8, 4) is 0 Å². The highest BCUT2D eigenvalue weighted by Gasteiger charge is 2.13. The molecule has 1 aromatic heterocycles. The predicted octanol–water partition coefficient (Wildman–Crippen LogP) is 0.00240. The summed E-state index contributed by atoms with van der Waals surface area (Å²) in [5.41, 5.74) is 5.45. The molecule has 0 bridgehead atoms. The molecule has 0 spiro atoms. The Hall–Kier alpha value is -1.10. The maximum atomic E-state index is 5.45. The third kappa shape index (κ3) is 2.18. The highest BCUT2D eigenvalue weighted by Crippen LogP contribution is 2.09. The minimum atomic E-state index is 0.499. The zero-order valence-corrected chi connectivity index (χ0v) is 7.61. The number of rotatable bonds is 3. The lowest BCUT2D eigenvalue weighted by Gasteiger charge is -2.08. The summed E-state index contributed by atoms with van der Waals surface area (Å²) in [6.07, 6.45) is 5.46. The summed E-state index contributed by atoms with van der Waals surface area (Å²) in [7, 11) is 0. The van der Waals surface area contributed by atoms with E-state index in [1.165, 1.54) is 12.8 Å². The van der Waals surface area contributed by atoms with Gasteiger partial charge in [0, 0.05) is 12.6 Å². The van der Waals surface area contributed by atoms with E-state index in [0.717, 1.165) is 19.5 Å². The van der Waals surface area contributed by atoms with Crippen LogP contribution in [0.3, 0.4) is 0 Å². The number of nitrogens with one attached hydrogen (secondary N) is 1. The fourth-order valence-corrected chi connectivity index (χ4v) is 1.71. The molecule has 5 heteroatoms. The summed E-state index contributed by atoms with van der Waals surface area (Å²) in [6.45, 7) is 2.06. The molecular weight excluding hydrogens is 166 g/mol. The van der Waals surface area contributed by atoms with Crippen molar-refractivity contribution in [2.45, 2.75) is 31.8 Å². The smallest absolute Gasteiger partial charge is 0.165 e. The number of hydrogen-bond donors (Lipinski definition) is 2. The van der Waals surface area contributed by atoms with Gasteiger partial charge >= 0.3 is 0 Å². The minimum Gasteiger partial charge on any atom is -0.381 e. The van der Waals surface area contributed by atoms with Gasteiger partial charge in [-0.05, 0) is 25.8 Å². The molecule has 2 rings (SSSR count). The molecule has 0 radical (unpaired) electrons. The molecule has 1 saturated heterocycles. The van der Waals surface area contributed by atoms with Crippen molar-refractivity contribution in [1.82, 2.24) is 20.3 Å². The number of hydrogen-bond acceptors (Lipinski definition) is 4. The standard InChI is InChI=1S/C8H15N5/c9-8-6-13(12-11-8)5-3-7-2-1-4-10-7/h6-7,10H,1-5,9H2. The molecule has 0 aliphatic carbocycles. The van der Waals surface area contributed by atoms with E-state index in [1.54, 1.807) is 10.9 Å². The topological polar surface area (TPSA) is 68.8 Å². The number of anilines is 1. The van der Waals surface area contributed by atoms with Crippen molar-refractivity contribution in [2.24, 2.45) is 0 Å². The molecule has 2 heterocycles. The summed E-state index contributed by atoms with van der Waals surface area (Å²) in [4.78, 5) is 0. The van der Waals surface area contributed by atoms with Gasteiger partial charge in [0.05, 0.1) is 6.20 Å². The van der Waals surface area contributed by atoms with Crippen LogP contribution in [-0.4, -0.2) is 27.6 Å². The Kier molecular flexibility index (Phi) is 2.44. The first-order chi connectivity index (χ1) is 6.34. The van der Waals surface area contributed by atoms with Gasteiger partial charge in [0.2, 0.25) is 0 Å². The number of nitrogen functional groups attached to an aromatic ring is 1. The van der Waals surface area contributed by atoms with Crippen LogP contribution >= 0.6 is 0 Å². The second-order valence-corrected chi connectivity index (χ2v) is 3.49. The quantitative estimate of drug-likeness (QED) is 0.689. The van der Waals surface area contributed by atoms with Gasteiger partial charge in [0.1, 0.15) is 0 Å². The van der Waals surface area contributed by atoms with Gasteiger partial charge in [-0.15, -0.1) is 5.10 Å². The Labute approximate surface area is 77.3 Å². The molecule has 0 aromatic carbocycles. The van der Waals surface area contributed by atoms with Crippen LogP contribution in [0.25, 0.3) is 0 Å². The zero-order valence-electron chi connectivity index (χ0n) is 7.61. The first kappa shape index (κ1) is 8.50. The highest BCUT2D eigenvalue weighted by molar-refractivity contribution is 5.19. The van der Waals surface area contributed by atoms with Crippen LogP contribution in [0, 0.1) is 0 Å². The summed E-state index contributed by atoms with van der Waals surface area (Å²) in [6, 6.07) is 0.658. The molecule has 0 amide bonds. The lowest BCUT2D eigenvalue weighted by molar-refractivity contribution is 0.473. The summed E-state index contributed by atoms with van der Waals surface area (Å²) in [5, 5.41) is 11.1. The van der Waals surface area contributed by atoms with Crippen LogP contribution in [0.1, 0.15) is 19.3 Å². The molecule has 1 aliphatic heterocycles. The number of nitrogens with zero attached hydrogens (tertiary/aromatic N) is 3. The lowest BCUT2D eigenvalue weighted by Crippen LogP contribution is -2.23. The largest absolute Gasteiger partial charge is 0.381 e. The average molecular weight is 181 g/mol. The van der Waals surface area contributed by atoms with Crippen molar-refractivity contribution >= 4 is 5.82 Å². The van der Waals surface area contributed by atoms with Crippen molar-refractivity contribution in [1.29, 1.82) is 0 Å². The molecule has 72 valence electrons. The lowest BCUT2D eigenvalue weighted by atomic mass is 10.2. The van der Waals surface area contributed by atoms with E-state index in [1.807, 2.05) is 0 Å². The second-order valence-electron chi connectivity index (χ2n) is 3.49. The Bertz CT molecular complexity index is 263. The molecule has 1 fully saturated rings. The van der Waals surface area contributed by atoms with E-state index in [0.29, 0.717) is 11.9 Å². The van der Waals surface area contributed by atoms with Crippen LogP contribution in [-0.2, 0) is 6.54 Å². The van der Waals surface area contributed by atoms with Gasteiger partial charge in [-0.25, -0.2) is 0 Å². The van der Waals surface area contributed by atoms with Crippen LogP contribution in [0.15, 0.2) is 6.20 Å². The third-order valence-electron chi connectivity index (χ3n) is 2.43. The Morgan fingerprint density at radius 1 is 1.69 bits per heavy atom. The molecule has 1 unspecified atom stereocenters. The van der Waals surface area contributed by atoms with Crippen LogP contribution in [0.4, 0.5) is 5.82 Å². The minimum absolute atomic E-state index is 0.499. The van der Waals surface area contributed by atoms with E-state index < -0.39 is 0 Å². The first-order valence-electron chi connectivity index (χ1n) is 4.73. The van der Waals surface area contributed by atoms with Gasteiger partial charge in [-0.3, -0.25) is 4.68 Å². The molecule has 0 saturated carbocycles. The van der Waals surface area contributed by atoms with Crippen molar-refractivity contribution in [2.75, 3.05) is 12.3 Å². The summed E-state index contributed by atoms with van der Waals surface area (Å²) in [5.74, 6) is 0.499. The third-order valence-corrected chi connectivity index (χ3v) is 2.43. The average Bonchev–Trinajstić information content (AvgIpc) is 2.71. The van der Waals surface area contributed by atoms with E-state index in [9.17, 15) is 0 Å². The maximum absolute atomic E-state index is 5.45. The molecule has 3 N–H and O–H groups in total. The van der Waals surface area contributed by atoms with Crippen molar-refractivity contribution in [3.63, 3.8) is 0 Å². The number of aromatic nitrogens is 3. The van der Waals surface area contributed by atoms with E-state index in [-0.39, 0.29) is 0 Å². The number of aryl methyl sites for hydroxylation is 1. The van der Waals surface area contributed by atoms with E-state index in [2.05, 4.69) is 15.6 Å². The van der Waals surface area contributed by atoms with Gasteiger partial charge in [-0.1, -0.05) is 5.21 Å². The van der Waals surface area contributed by atoms with E-state index in [4.69, 9.17) is 5.73 Å². The summed E-state index contributed by atoms with van der Waals surface area (Å²) < 4.78 is 1.80. The fourth-order valence-electron chi connectivity index (χ4n) is 1.71. The van der Waals surface area contributed by atoms with Crippen LogP contribution in [0.5, 0.6) is 0 Å². The van der Waals surface area contributed by atoms with Gasteiger partial charge in [-0.2, -0.15) is 0 Å². The van der Waals surface area contributed by atoms with Crippen molar-refractivity contribution in [3.05, 3.63) is 6.20 Å². The Morgan fingerprint density at radius 2 is 2.62 bits per heavy atom. The second kappa shape index (κ2) is 3.74. The molecule has 1 aliphatic rings. The first-order valence-corrected chi connectivity index (χ1v) is 4.73. The Balaban J connectivity index is 1.78. The molecule has 1 atom stereocenters. The highest BCUT2D eigenvalue weighted by atomic mass is 15.4. The fraction of sp³-hybridized carbons (Fsp3) is 0.750. The molecular formula is C8H15N5. The maximum Gasteiger partial charge on any atom is 0.165 e. The number of nitrogens with two attached hydrogens (primary N) is 1. The van der Waals surface area contributed by atoms with Gasteiger partial charge in [0.25, 0.3) is 0 Å². The molecule has 13 heavy (non-hydrogen) atoms. The molecule has 1 aromatic rings. The summed E-state index contributed by atoms with van der Waals surface area (Å²) >= 11 is 0. The SMILES string of the molecule is Nc1cn(CCC2CCCN2)nn1. The van der Waals surface area contributed by atoms with Crippen LogP contribution < -0.4 is 11.1 Å². The molecule has 5 nitrogen and oxygen atoms in total. The van der Waals surface area contributed by atoms with Gasteiger partial charge < -0.3 is 11.1 Å². The van der Waals surface area contributed by atoms with Crippen molar-refractivity contribution < 1.29 is 0 Å². The zero-order chi connectivity index (χ0) is 9.10.